The summed E-state index contributed by atoms with van der Waals surface area (Å²) in [5.74, 6) is -0.0136. The lowest BCUT2D eigenvalue weighted by Gasteiger charge is -2.01. The Morgan fingerprint density at radius 1 is 1.67 bits per heavy atom. The Labute approximate surface area is 70.8 Å². The minimum atomic E-state index is -4.09. The molecular weight excluding hydrogens is 182 g/mol. The van der Waals surface area contributed by atoms with Gasteiger partial charge in [-0.25, -0.2) is 0 Å². The van der Waals surface area contributed by atoms with Crippen LogP contribution >= 0.6 is 0 Å². The molecule has 0 aliphatic heterocycles. The average Bonchev–Trinajstić information content (AvgIpc) is 1.84. The zero-order valence-electron chi connectivity index (χ0n) is 6.35. The van der Waals surface area contributed by atoms with Crippen LogP contribution in [0.3, 0.4) is 0 Å². The molecule has 0 atom stereocenters. The van der Waals surface area contributed by atoms with E-state index in [4.69, 9.17) is 5.26 Å². The molecule has 0 fully saturated rings. The molecule has 0 aliphatic carbocycles. The summed E-state index contributed by atoms with van der Waals surface area (Å²) >= 11 is 0. The second kappa shape index (κ2) is 4.41. The fourth-order valence-electron chi connectivity index (χ4n) is 0.320. The van der Waals surface area contributed by atoms with Gasteiger partial charge in [-0.05, 0) is 6.92 Å². The maximum absolute atomic E-state index is 10.6. The normalized spacial score (nSPS) is 10.7. The van der Waals surface area contributed by atoms with Gasteiger partial charge in [-0.2, -0.15) is 5.26 Å². The molecule has 0 aromatic carbocycles. The summed E-state index contributed by atoms with van der Waals surface area (Å²) in [6, 6.07) is 1.55. The van der Waals surface area contributed by atoms with Crippen LogP contribution in [0.25, 0.3) is 0 Å². The Morgan fingerprint density at radius 3 is 2.67 bits per heavy atom. The van der Waals surface area contributed by atoms with Crippen molar-refractivity contribution >= 4 is 10.4 Å². The van der Waals surface area contributed by atoms with Crippen LogP contribution in [0.1, 0.15) is 6.92 Å². The van der Waals surface area contributed by atoms with E-state index in [1.54, 1.807) is 6.07 Å². The van der Waals surface area contributed by atoms with Crippen molar-refractivity contribution in [3.8, 4) is 6.07 Å². The number of hydrogen-bond donors (Lipinski definition) is 0. The molecule has 0 radical (unpaired) electrons. The van der Waals surface area contributed by atoms with Crippen molar-refractivity contribution in [3.05, 3.63) is 24.7 Å². The molecule has 6 heteroatoms. The number of nitrogens with zero attached hydrogens (tertiary/aromatic N) is 1. The first-order chi connectivity index (χ1) is 5.48. The number of rotatable bonds is 4. The summed E-state index contributed by atoms with van der Waals surface area (Å²) in [6.45, 7) is 4.55. The molecule has 0 rings (SSSR count). The smallest absolute Gasteiger partial charge is 0.360 e. The van der Waals surface area contributed by atoms with E-state index in [9.17, 15) is 8.42 Å². The standard InChI is InChI=1S/C6H7NO4S/c1-6(2)11-12(8,9)10-5-3-4-7/h3,5H,1H2,2H3. The fourth-order valence-corrected chi connectivity index (χ4v) is 0.900. The molecule has 0 aromatic heterocycles. The Bertz CT molecular complexity index is 322. The van der Waals surface area contributed by atoms with Crippen molar-refractivity contribution in [3.63, 3.8) is 0 Å². The van der Waals surface area contributed by atoms with E-state index in [-0.39, 0.29) is 5.76 Å². The number of nitriles is 1. The molecule has 0 amide bonds. The Balaban J connectivity index is 4.18. The lowest BCUT2D eigenvalue weighted by atomic mass is 10.7. The topological polar surface area (TPSA) is 76.4 Å². The van der Waals surface area contributed by atoms with E-state index in [1.165, 1.54) is 6.92 Å². The largest absolute Gasteiger partial charge is 0.500 e. The third kappa shape index (κ3) is 5.32. The van der Waals surface area contributed by atoms with Gasteiger partial charge in [0.1, 0.15) is 12.0 Å². The number of hydrogen-bond acceptors (Lipinski definition) is 5. The van der Waals surface area contributed by atoms with Crippen molar-refractivity contribution in [2.75, 3.05) is 0 Å². The molecule has 0 heterocycles. The maximum Gasteiger partial charge on any atom is 0.500 e. The van der Waals surface area contributed by atoms with E-state index in [0.29, 0.717) is 6.26 Å². The summed E-state index contributed by atoms with van der Waals surface area (Å²) in [4.78, 5) is 0. The van der Waals surface area contributed by atoms with Gasteiger partial charge in [0, 0.05) is 0 Å². The monoisotopic (exact) mass is 189 g/mol. The van der Waals surface area contributed by atoms with Gasteiger partial charge >= 0.3 is 10.4 Å². The van der Waals surface area contributed by atoms with Gasteiger partial charge in [-0.1, -0.05) is 6.58 Å². The van der Waals surface area contributed by atoms with Crippen LogP contribution in [-0.4, -0.2) is 8.42 Å². The van der Waals surface area contributed by atoms with Crippen LogP contribution in [0.5, 0.6) is 0 Å². The van der Waals surface area contributed by atoms with Crippen LogP contribution in [0, 0.1) is 11.3 Å². The molecule has 12 heavy (non-hydrogen) atoms. The summed E-state index contributed by atoms with van der Waals surface area (Å²) in [5.41, 5.74) is 0. The van der Waals surface area contributed by atoms with Gasteiger partial charge in [0.25, 0.3) is 0 Å². The highest BCUT2D eigenvalue weighted by atomic mass is 32.3. The van der Waals surface area contributed by atoms with Crippen molar-refractivity contribution in [1.82, 2.24) is 0 Å². The van der Waals surface area contributed by atoms with Crippen LogP contribution in [-0.2, 0) is 18.8 Å². The second-order valence-corrected chi connectivity index (χ2v) is 2.90. The molecule has 0 aliphatic rings. The Kier molecular flexibility index (Phi) is 3.86. The highest BCUT2D eigenvalue weighted by molar-refractivity contribution is 7.82. The fraction of sp³-hybridized carbons (Fsp3) is 0.167. The average molecular weight is 189 g/mol. The molecule has 0 aromatic rings. The van der Waals surface area contributed by atoms with Gasteiger partial charge in [-0.15, -0.1) is 8.42 Å². The van der Waals surface area contributed by atoms with Crippen LogP contribution in [0.2, 0.25) is 0 Å². The SMILES string of the molecule is C=C(C)OS(=O)(=O)OC=CC#N. The molecule has 0 spiro atoms. The zero-order chi connectivity index (χ0) is 9.61. The summed E-state index contributed by atoms with van der Waals surface area (Å²) < 4.78 is 29.5. The van der Waals surface area contributed by atoms with E-state index in [2.05, 4.69) is 14.9 Å². The second-order valence-electron chi connectivity index (χ2n) is 1.72. The van der Waals surface area contributed by atoms with Gasteiger partial charge in [0.05, 0.1) is 12.1 Å². The summed E-state index contributed by atoms with van der Waals surface area (Å²) in [7, 11) is -4.09. The third-order valence-corrected chi connectivity index (χ3v) is 1.40. The van der Waals surface area contributed by atoms with Crippen LogP contribution in [0.15, 0.2) is 24.7 Å². The highest BCUT2D eigenvalue weighted by Gasteiger charge is 2.10. The maximum atomic E-state index is 10.6. The predicted molar refractivity (Wildman–Crippen MR) is 40.7 cm³/mol. The molecule has 0 N–H and O–H groups in total. The summed E-state index contributed by atoms with van der Waals surface area (Å²) in [6.07, 6.45) is 1.57. The van der Waals surface area contributed by atoms with E-state index >= 15 is 0 Å². The Hall–Kier alpha value is -1.48. The lowest BCUT2D eigenvalue weighted by Crippen LogP contribution is -2.04. The highest BCUT2D eigenvalue weighted by Crippen LogP contribution is 2.02. The van der Waals surface area contributed by atoms with Gasteiger partial charge < -0.3 is 8.37 Å². The minimum absolute atomic E-state index is 0.0136. The molecule has 0 bridgehead atoms. The Morgan fingerprint density at radius 2 is 2.25 bits per heavy atom. The third-order valence-electron chi connectivity index (χ3n) is 0.560. The molecular formula is C6H7NO4S. The summed E-state index contributed by atoms with van der Waals surface area (Å²) in [5, 5.41) is 7.97. The van der Waals surface area contributed by atoms with Gasteiger partial charge in [0.15, 0.2) is 0 Å². The zero-order valence-corrected chi connectivity index (χ0v) is 7.17. The van der Waals surface area contributed by atoms with E-state index < -0.39 is 10.4 Å². The first-order valence-corrected chi connectivity index (χ1v) is 4.14. The molecule has 0 saturated carbocycles. The van der Waals surface area contributed by atoms with E-state index in [0.717, 1.165) is 6.08 Å². The van der Waals surface area contributed by atoms with Gasteiger partial charge in [-0.3, -0.25) is 0 Å². The van der Waals surface area contributed by atoms with Crippen molar-refractivity contribution in [2.45, 2.75) is 6.92 Å². The van der Waals surface area contributed by atoms with Crippen molar-refractivity contribution in [1.29, 1.82) is 5.26 Å². The van der Waals surface area contributed by atoms with E-state index in [1.807, 2.05) is 0 Å². The quantitative estimate of drug-likeness (QED) is 0.483. The van der Waals surface area contributed by atoms with Crippen molar-refractivity contribution in [2.24, 2.45) is 0 Å². The molecule has 0 unspecified atom stereocenters. The molecule has 5 nitrogen and oxygen atoms in total. The number of allylic oxidation sites excluding steroid dienone is 2. The van der Waals surface area contributed by atoms with Crippen LogP contribution in [0.4, 0.5) is 0 Å². The molecule has 66 valence electrons. The van der Waals surface area contributed by atoms with Crippen LogP contribution < -0.4 is 0 Å². The minimum Gasteiger partial charge on any atom is -0.360 e. The predicted octanol–water partition coefficient (Wildman–Crippen LogP) is 0.835. The first kappa shape index (κ1) is 10.5. The van der Waals surface area contributed by atoms with Crippen molar-refractivity contribution < 1.29 is 16.8 Å². The first-order valence-electron chi connectivity index (χ1n) is 2.81. The lowest BCUT2D eigenvalue weighted by molar-refractivity contribution is 0.317. The van der Waals surface area contributed by atoms with Gasteiger partial charge in [0.2, 0.25) is 0 Å². The molecule has 0 saturated heterocycles.